The molecule has 0 fully saturated rings. The van der Waals surface area contributed by atoms with Gasteiger partial charge in [-0.25, -0.2) is 0 Å². The van der Waals surface area contributed by atoms with E-state index in [1.54, 1.807) is 4.52 Å². The highest BCUT2D eigenvalue weighted by molar-refractivity contribution is 7.20. The van der Waals surface area contributed by atoms with Crippen molar-refractivity contribution in [2.45, 2.75) is 46.5 Å². The van der Waals surface area contributed by atoms with E-state index in [4.69, 9.17) is 0 Å². The standard InChI is InChI=1S/C12H19N5OS/c1-4-7-9-14-15-12-17(9)16-11(19-12)13-10(18)8(5-2)6-3/h8H,4-7H2,1-3H3,(H,13,16,18). The van der Waals surface area contributed by atoms with Crippen molar-refractivity contribution in [2.75, 3.05) is 5.32 Å². The van der Waals surface area contributed by atoms with E-state index in [-0.39, 0.29) is 11.8 Å². The second kappa shape index (κ2) is 6.10. The summed E-state index contributed by atoms with van der Waals surface area (Å²) >= 11 is 1.36. The molecule has 1 N–H and O–H groups in total. The minimum absolute atomic E-state index is 0.0343. The van der Waals surface area contributed by atoms with Crippen molar-refractivity contribution in [2.24, 2.45) is 5.92 Å². The van der Waals surface area contributed by atoms with E-state index in [1.807, 2.05) is 13.8 Å². The molecule has 2 aromatic heterocycles. The molecule has 0 radical (unpaired) electrons. The van der Waals surface area contributed by atoms with E-state index in [0.717, 1.165) is 36.5 Å². The number of nitrogens with zero attached hydrogens (tertiary/aromatic N) is 4. The fraction of sp³-hybridized carbons (Fsp3) is 0.667. The molecule has 0 aliphatic rings. The zero-order valence-electron chi connectivity index (χ0n) is 11.5. The number of aromatic nitrogens is 4. The summed E-state index contributed by atoms with van der Waals surface area (Å²) in [4.78, 5) is 12.7. The number of anilines is 1. The molecule has 1 amide bonds. The van der Waals surface area contributed by atoms with Gasteiger partial charge in [-0.3, -0.25) is 4.79 Å². The molecule has 0 atom stereocenters. The van der Waals surface area contributed by atoms with E-state index in [0.29, 0.717) is 5.13 Å². The molecule has 0 bridgehead atoms. The van der Waals surface area contributed by atoms with Crippen molar-refractivity contribution >= 4 is 27.3 Å². The molecule has 2 aromatic rings. The molecule has 0 aromatic carbocycles. The molecule has 0 aliphatic carbocycles. The summed E-state index contributed by atoms with van der Waals surface area (Å²) in [7, 11) is 0. The maximum absolute atomic E-state index is 12.0. The molecule has 2 rings (SSSR count). The fourth-order valence-corrected chi connectivity index (χ4v) is 2.72. The minimum Gasteiger partial charge on any atom is -0.300 e. The average molecular weight is 281 g/mol. The molecule has 0 spiro atoms. The van der Waals surface area contributed by atoms with Crippen LogP contribution in [-0.4, -0.2) is 25.7 Å². The van der Waals surface area contributed by atoms with Gasteiger partial charge in [0.25, 0.3) is 0 Å². The molecule has 2 heterocycles. The van der Waals surface area contributed by atoms with Crippen LogP contribution in [0.15, 0.2) is 0 Å². The van der Waals surface area contributed by atoms with Crippen molar-refractivity contribution in [3.63, 3.8) is 0 Å². The van der Waals surface area contributed by atoms with Crippen molar-refractivity contribution < 1.29 is 4.79 Å². The Balaban J connectivity index is 2.15. The normalized spacial score (nSPS) is 11.4. The van der Waals surface area contributed by atoms with Gasteiger partial charge in [0, 0.05) is 12.3 Å². The van der Waals surface area contributed by atoms with E-state index >= 15 is 0 Å². The van der Waals surface area contributed by atoms with Crippen LogP contribution in [0.5, 0.6) is 0 Å². The molecule has 0 unspecified atom stereocenters. The highest BCUT2D eigenvalue weighted by Gasteiger charge is 2.17. The van der Waals surface area contributed by atoms with Gasteiger partial charge in [0.1, 0.15) is 0 Å². The van der Waals surface area contributed by atoms with Gasteiger partial charge in [-0.15, -0.1) is 15.3 Å². The average Bonchev–Trinajstić information content (AvgIpc) is 2.93. The first kappa shape index (κ1) is 13.9. The first-order chi connectivity index (χ1) is 9.19. The zero-order chi connectivity index (χ0) is 13.8. The first-order valence-electron chi connectivity index (χ1n) is 6.71. The van der Waals surface area contributed by atoms with E-state index < -0.39 is 0 Å². The summed E-state index contributed by atoms with van der Waals surface area (Å²) in [6.45, 7) is 6.13. The Kier molecular flexibility index (Phi) is 4.47. The summed E-state index contributed by atoms with van der Waals surface area (Å²) in [5.41, 5.74) is 0. The van der Waals surface area contributed by atoms with Crippen molar-refractivity contribution in [3.8, 4) is 0 Å². The number of hydrogen-bond donors (Lipinski definition) is 1. The first-order valence-corrected chi connectivity index (χ1v) is 7.53. The zero-order valence-corrected chi connectivity index (χ0v) is 12.3. The SMILES string of the molecule is CCCc1nnc2sc(NC(=O)C(CC)CC)nn12. The number of carbonyl (C=O) groups is 1. The summed E-state index contributed by atoms with van der Waals surface area (Å²) in [5.74, 6) is 0.924. The van der Waals surface area contributed by atoms with Crippen LogP contribution in [0.2, 0.25) is 0 Å². The number of aryl methyl sites for hydroxylation is 1. The Morgan fingerprint density at radius 1 is 1.32 bits per heavy atom. The third-order valence-electron chi connectivity index (χ3n) is 3.12. The molecule has 6 nitrogen and oxygen atoms in total. The Hall–Kier alpha value is -1.50. The molecular weight excluding hydrogens is 262 g/mol. The number of amides is 1. The summed E-state index contributed by atoms with van der Waals surface area (Å²) in [6, 6.07) is 0. The van der Waals surface area contributed by atoms with Gasteiger partial charge in [-0.1, -0.05) is 32.1 Å². The fourth-order valence-electron chi connectivity index (χ4n) is 1.95. The summed E-state index contributed by atoms with van der Waals surface area (Å²) in [5, 5.41) is 16.0. The van der Waals surface area contributed by atoms with Gasteiger partial charge in [0.05, 0.1) is 0 Å². The van der Waals surface area contributed by atoms with Crippen LogP contribution < -0.4 is 5.32 Å². The lowest BCUT2D eigenvalue weighted by Crippen LogP contribution is -2.21. The molecule has 104 valence electrons. The summed E-state index contributed by atoms with van der Waals surface area (Å²) in [6.07, 6.45) is 3.51. The largest absolute Gasteiger partial charge is 0.300 e. The van der Waals surface area contributed by atoms with Crippen molar-refractivity contribution in [3.05, 3.63) is 5.82 Å². The number of fused-ring (bicyclic) bond motifs is 1. The monoisotopic (exact) mass is 281 g/mol. The predicted octanol–water partition coefficient (Wildman–Crippen LogP) is 2.51. The topological polar surface area (TPSA) is 72.2 Å². The highest BCUT2D eigenvalue weighted by atomic mass is 32.1. The number of hydrogen-bond acceptors (Lipinski definition) is 5. The molecule has 0 saturated carbocycles. The lowest BCUT2D eigenvalue weighted by molar-refractivity contribution is -0.120. The lowest BCUT2D eigenvalue weighted by Gasteiger charge is -2.10. The predicted molar refractivity (Wildman–Crippen MR) is 75.4 cm³/mol. The number of carbonyl (C=O) groups excluding carboxylic acids is 1. The van der Waals surface area contributed by atoms with Gasteiger partial charge in [-0.2, -0.15) is 4.52 Å². The number of nitrogens with one attached hydrogen (secondary N) is 1. The van der Waals surface area contributed by atoms with Gasteiger partial charge >= 0.3 is 0 Å². The van der Waals surface area contributed by atoms with Crippen LogP contribution in [0.3, 0.4) is 0 Å². The molecule has 19 heavy (non-hydrogen) atoms. The maximum Gasteiger partial charge on any atom is 0.236 e. The van der Waals surface area contributed by atoms with Gasteiger partial charge < -0.3 is 5.32 Å². The quantitative estimate of drug-likeness (QED) is 0.883. The van der Waals surface area contributed by atoms with E-state index in [1.165, 1.54) is 11.3 Å². The van der Waals surface area contributed by atoms with Crippen LogP contribution >= 0.6 is 11.3 Å². The van der Waals surface area contributed by atoms with Crippen LogP contribution in [-0.2, 0) is 11.2 Å². The molecule has 7 heteroatoms. The van der Waals surface area contributed by atoms with Crippen molar-refractivity contribution in [1.82, 2.24) is 19.8 Å². The smallest absolute Gasteiger partial charge is 0.236 e. The minimum atomic E-state index is 0.0343. The van der Waals surface area contributed by atoms with Crippen LogP contribution in [0.4, 0.5) is 5.13 Å². The third-order valence-corrected chi connectivity index (χ3v) is 3.93. The van der Waals surface area contributed by atoms with Crippen LogP contribution in [0, 0.1) is 5.92 Å². The van der Waals surface area contributed by atoms with Crippen molar-refractivity contribution in [1.29, 1.82) is 0 Å². The van der Waals surface area contributed by atoms with E-state index in [2.05, 4.69) is 27.5 Å². The Bertz CT molecular complexity index is 557. The van der Waals surface area contributed by atoms with E-state index in [9.17, 15) is 4.79 Å². The maximum atomic E-state index is 12.0. The third kappa shape index (κ3) is 2.91. The van der Waals surface area contributed by atoms with Gasteiger partial charge in [0.2, 0.25) is 16.0 Å². The van der Waals surface area contributed by atoms with Crippen LogP contribution in [0.1, 0.15) is 45.9 Å². The Morgan fingerprint density at radius 3 is 2.68 bits per heavy atom. The second-order valence-electron chi connectivity index (χ2n) is 4.47. The summed E-state index contributed by atoms with van der Waals surface area (Å²) < 4.78 is 1.72. The lowest BCUT2D eigenvalue weighted by atomic mass is 10.0. The molecule has 0 aliphatic heterocycles. The molecular formula is C12H19N5OS. The van der Waals surface area contributed by atoms with Gasteiger partial charge in [0.15, 0.2) is 5.82 Å². The van der Waals surface area contributed by atoms with Gasteiger partial charge in [-0.05, 0) is 19.3 Å². The second-order valence-corrected chi connectivity index (χ2v) is 5.43. The Labute approximate surface area is 116 Å². The molecule has 0 saturated heterocycles. The Morgan fingerprint density at radius 2 is 2.05 bits per heavy atom. The highest BCUT2D eigenvalue weighted by Crippen LogP contribution is 2.20. The van der Waals surface area contributed by atoms with Crippen LogP contribution in [0.25, 0.3) is 4.96 Å². The number of rotatable bonds is 6.